The number of allylic oxidation sites excluding steroid dienone is 1. The van der Waals surface area contributed by atoms with E-state index in [0.717, 1.165) is 6.42 Å². The zero-order valence-corrected chi connectivity index (χ0v) is 31.8. The summed E-state index contributed by atoms with van der Waals surface area (Å²) in [4.78, 5) is 0. The van der Waals surface area contributed by atoms with Gasteiger partial charge in [0.2, 0.25) is 0 Å². The van der Waals surface area contributed by atoms with Crippen LogP contribution in [-0.4, -0.2) is 0 Å². The minimum Gasteiger partial charge on any atom is -0.0760 e. The molecule has 1 unspecified atom stereocenters. The SMILES string of the molecule is C1=CC(c2ccccc2)Cc2c1c(-c1ccc3c4c(cccc14)-c1ccccc1-3)c1ccc(-c3ccccc3)cc1c2-c1ccc2c3c(cccc13)-c1ccccc1-2. The second-order valence-corrected chi connectivity index (χ2v) is 16.2. The average Bonchev–Trinajstić information content (AvgIpc) is 3.81. The topological polar surface area (TPSA) is 0 Å². The Kier molecular flexibility index (Phi) is 6.65. The summed E-state index contributed by atoms with van der Waals surface area (Å²) in [6.45, 7) is 0. The largest absolute Gasteiger partial charge is 0.0760 e. The van der Waals surface area contributed by atoms with E-state index in [1.165, 1.54) is 127 Å². The van der Waals surface area contributed by atoms with Crippen molar-refractivity contribution in [3.05, 3.63) is 211 Å². The Morgan fingerprint density at radius 1 is 0.328 bits per heavy atom. The predicted octanol–water partition coefficient (Wildman–Crippen LogP) is 15.8. The summed E-state index contributed by atoms with van der Waals surface area (Å²) in [5.41, 5.74) is 22.5. The van der Waals surface area contributed by atoms with E-state index in [1.807, 2.05) is 0 Å². The van der Waals surface area contributed by atoms with E-state index in [9.17, 15) is 0 Å². The first-order valence-corrected chi connectivity index (χ1v) is 20.5. The van der Waals surface area contributed by atoms with Gasteiger partial charge < -0.3 is 0 Å². The molecule has 10 aromatic rings. The molecule has 10 aromatic carbocycles. The second kappa shape index (κ2) is 12.1. The van der Waals surface area contributed by atoms with Crippen LogP contribution in [0.25, 0.3) is 116 Å². The van der Waals surface area contributed by atoms with E-state index < -0.39 is 0 Å². The van der Waals surface area contributed by atoms with Crippen molar-refractivity contribution in [3.8, 4) is 77.9 Å². The Bertz CT molecular complexity index is 3340. The van der Waals surface area contributed by atoms with Gasteiger partial charge in [-0.3, -0.25) is 0 Å². The molecule has 0 heterocycles. The lowest BCUT2D eigenvalue weighted by Gasteiger charge is -2.29. The summed E-state index contributed by atoms with van der Waals surface area (Å²) in [6.07, 6.45) is 5.85. The maximum atomic E-state index is 2.49. The fourth-order valence-corrected chi connectivity index (χ4v) is 10.8. The van der Waals surface area contributed by atoms with Gasteiger partial charge in [0, 0.05) is 5.92 Å². The molecule has 58 heavy (non-hydrogen) atoms. The molecule has 3 aliphatic rings. The van der Waals surface area contributed by atoms with Crippen molar-refractivity contribution in [2.24, 2.45) is 0 Å². The number of hydrogen-bond acceptors (Lipinski definition) is 0. The van der Waals surface area contributed by atoms with E-state index in [-0.39, 0.29) is 5.92 Å². The van der Waals surface area contributed by atoms with E-state index in [2.05, 4.69) is 200 Å². The number of benzene rings is 10. The first-order valence-electron chi connectivity index (χ1n) is 20.5. The van der Waals surface area contributed by atoms with Crippen LogP contribution in [0.5, 0.6) is 0 Å². The van der Waals surface area contributed by atoms with E-state index in [1.54, 1.807) is 0 Å². The summed E-state index contributed by atoms with van der Waals surface area (Å²) >= 11 is 0. The summed E-state index contributed by atoms with van der Waals surface area (Å²) in [6, 6.07) is 70.6. The Hall–Kier alpha value is -7.28. The van der Waals surface area contributed by atoms with Crippen molar-refractivity contribution in [3.63, 3.8) is 0 Å². The van der Waals surface area contributed by atoms with Crippen molar-refractivity contribution < 1.29 is 0 Å². The molecule has 0 saturated heterocycles. The standard InChI is InChI=1S/C58H36/c1-3-13-35(14-4-1)37-25-27-51-53(33-37)58(50-32-30-48-42-20-10-8-18-40(42)44-22-12-24-46(50)56(44)48)54-34-38(36-15-5-2-6-16-36)26-28-52(54)57(51)49-31-29-47-41-19-9-7-17-39(41)43-21-11-23-45(49)55(43)47/h1-33,38H,34H2. The van der Waals surface area contributed by atoms with Crippen molar-refractivity contribution in [2.45, 2.75) is 12.3 Å². The first-order chi connectivity index (χ1) is 28.8. The molecule has 0 heteroatoms. The van der Waals surface area contributed by atoms with Gasteiger partial charge in [-0.25, -0.2) is 0 Å². The van der Waals surface area contributed by atoms with Crippen LogP contribution in [0.1, 0.15) is 22.6 Å². The predicted molar refractivity (Wildman–Crippen MR) is 246 cm³/mol. The molecule has 0 aromatic heterocycles. The zero-order chi connectivity index (χ0) is 37.9. The smallest absolute Gasteiger partial charge is 0.00621 e. The van der Waals surface area contributed by atoms with Gasteiger partial charge in [0.25, 0.3) is 0 Å². The van der Waals surface area contributed by atoms with Crippen LogP contribution in [0.2, 0.25) is 0 Å². The minimum absolute atomic E-state index is 0.262. The molecule has 0 fully saturated rings. The third-order valence-electron chi connectivity index (χ3n) is 13.3. The molecule has 3 aliphatic carbocycles. The Morgan fingerprint density at radius 3 is 1.43 bits per heavy atom. The van der Waals surface area contributed by atoms with Crippen molar-refractivity contribution in [1.29, 1.82) is 0 Å². The fraction of sp³-hybridized carbons (Fsp3) is 0.0345. The molecule has 0 saturated carbocycles. The Labute approximate surface area is 338 Å². The summed E-state index contributed by atoms with van der Waals surface area (Å²) in [7, 11) is 0. The minimum atomic E-state index is 0.262. The lowest BCUT2D eigenvalue weighted by atomic mass is 9.75. The molecule has 0 aliphatic heterocycles. The molecular weight excluding hydrogens is 697 g/mol. The van der Waals surface area contributed by atoms with Crippen LogP contribution in [-0.2, 0) is 6.42 Å². The van der Waals surface area contributed by atoms with Gasteiger partial charge in [-0.1, -0.05) is 194 Å². The fourth-order valence-electron chi connectivity index (χ4n) is 10.8. The lowest BCUT2D eigenvalue weighted by Crippen LogP contribution is -2.10. The highest BCUT2D eigenvalue weighted by Crippen LogP contribution is 2.55. The number of hydrogen-bond donors (Lipinski definition) is 0. The molecular formula is C58H36. The van der Waals surface area contributed by atoms with Crippen LogP contribution in [0.4, 0.5) is 0 Å². The highest BCUT2D eigenvalue weighted by Gasteiger charge is 2.30. The highest BCUT2D eigenvalue weighted by molar-refractivity contribution is 6.24. The molecule has 0 amide bonds. The Morgan fingerprint density at radius 2 is 0.828 bits per heavy atom. The van der Waals surface area contributed by atoms with Crippen LogP contribution in [0, 0.1) is 0 Å². The quantitative estimate of drug-likeness (QED) is 0.169. The molecule has 0 nitrogen and oxygen atoms in total. The first kappa shape index (κ1) is 31.9. The normalized spacial score (nSPS) is 14.2. The lowest BCUT2D eigenvalue weighted by molar-refractivity contribution is 0.830. The summed E-state index contributed by atoms with van der Waals surface area (Å²) in [5.74, 6) is 0.262. The third kappa shape index (κ3) is 4.40. The summed E-state index contributed by atoms with van der Waals surface area (Å²) < 4.78 is 0. The van der Waals surface area contributed by atoms with Gasteiger partial charge >= 0.3 is 0 Å². The van der Waals surface area contributed by atoms with E-state index >= 15 is 0 Å². The van der Waals surface area contributed by atoms with E-state index in [4.69, 9.17) is 0 Å². The van der Waals surface area contributed by atoms with Crippen LogP contribution < -0.4 is 0 Å². The zero-order valence-electron chi connectivity index (χ0n) is 31.8. The van der Waals surface area contributed by atoms with Crippen molar-refractivity contribution in [1.82, 2.24) is 0 Å². The second-order valence-electron chi connectivity index (χ2n) is 16.2. The molecule has 1 atom stereocenters. The van der Waals surface area contributed by atoms with Crippen LogP contribution in [0.15, 0.2) is 194 Å². The average molecular weight is 733 g/mol. The number of rotatable bonds is 4. The summed E-state index contributed by atoms with van der Waals surface area (Å²) in [5, 5.41) is 7.96. The molecule has 0 spiro atoms. The van der Waals surface area contributed by atoms with E-state index in [0.29, 0.717) is 0 Å². The monoisotopic (exact) mass is 732 g/mol. The molecule has 0 bridgehead atoms. The van der Waals surface area contributed by atoms with Gasteiger partial charge in [0.05, 0.1) is 0 Å². The molecule has 13 rings (SSSR count). The van der Waals surface area contributed by atoms with Gasteiger partial charge in [-0.2, -0.15) is 0 Å². The van der Waals surface area contributed by atoms with Gasteiger partial charge in [0.15, 0.2) is 0 Å². The van der Waals surface area contributed by atoms with Gasteiger partial charge in [-0.15, -0.1) is 0 Å². The maximum Gasteiger partial charge on any atom is 0.00621 e. The molecule has 0 N–H and O–H groups in total. The molecule has 268 valence electrons. The maximum absolute atomic E-state index is 2.49. The Balaban J connectivity index is 1.17. The highest BCUT2D eigenvalue weighted by atomic mass is 14.3. The van der Waals surface area contributed by atoms with Crippen molar-refractivity contribution in [2.75, 3.05) is 0 Å². The van der Waals surface area contributed by atoms with Crippen LogP contribution >= 0.6 is 0 Å². The van der Waals surface area contributed by atoms with Gasteiger partial charge in [0.1, 0.15) is 0 Å². The van der Waals surface area contributed by atoms with Crippen molar-refractivity contribution >= 4 is 38.4 Å². The number of fused-ring (bicyclic) bond motifs is 8. The molecule has 0 radical (unpaired) electrons. The van der Waals surface area contributed by atoms with Gasteiger partial charge in [-0.05, 0) is 139 Å². The van der Waals surface area contributed by atoms with Crippen LogP contribution in [0.3, 0.4) is 0 Å². The third-order valence-corrected chi connectivity index (χ3v) is 13.3.